The molecule has 0 saturated heterocycles. The highest BCUT2D eigenvalue weighted by Gasteiger charge is 2.08. The number of carbonyl (C=O) groups is 1. The molecule has 3 heteroatoms. The second kappa shape index (κ2) is 6.40. The fraction of sp³-hybridized carbons (Fsp3) is 0.500. The van der Waals surface area contributed by atoms with Gasteiger partial charge in [0.15, 0.2) is 0 Å². The van der Waals surface area contributed by atoms with E-state index in [0.29, 0.717) is 12.5 Å². The molecule has 1 unspecified atom stereocenters. The van der Waals surface area contributed by atoms with E-state index in [2.05, 4.69) is 43.4 Å². The van der Waals surface area contributed by atoms with Crippen LogP contribution >= 0.6 is 0 Å². The maximum absolute atomic E-state index is 10.6. The van der Waals surface area contributed by atoms with E-state index in [-0.39, 0.29) is 0 Å². The van der Waals surface area contributed by atoms with Crippen LogP contribution in [0.2, 0.25) is 0 Å². The molecule has 17 heavy (non-hydrogen) atoms. The highest BCUT2D eigenvalue weighted by Crippen LogP contribution is 2.14. The number of carboxylic acid groups (broad SMARTS) is 1. The lowest BCUT2D eigenvalue weighted by Crippen LogP contribution is -2.34. The van der Waals surface area contributed by atoms with Crippen molar-refractivity contribution in [1.29, 1.82) is 0 Å². The van der Waals surface area contributed by atoms with Crippen molar-refractivity contribution in [3.05, 3.63) is 35.4 Å². The van der Waals surface area contributed by atoms with Crippen LogP contribution in [0.3, 0.4) is 0 Å². The van der Waals surface area contributed by atoms with Crippen LogP contribution in [0.5, 0.6) is 0 Å². The summed E-state index contributed by atoms with van der Waals surface area (Å²) in [5.74, 6) is -0.255. The largest absolute Gasteiger partial charge is 0.480 e. The van der Waals surface area contributed by atoms with E-state index in [1.54, 1.807) is 6.92 Å². The molecule has 2 N–H and O–H groups in total. The van der Waals surface area contributed by atoms with Gasteiger partial charge < -0.3 is 10.4 Å². The smallest absolute Gasteiger partial charge is 0.320 e. The monoisotopic (exact) mass is 235 g/mol. The lowest BCUT2D eigenvalue weighted by atomic mass is 10.0. The number of aliphatic carboxylic acids is 1. The second-order valence-electron chi connectivity index (χ2n) is 4.66. The molecule has 94 valence electrons. The summed E-state index contributed by atoms with van der Waals surface area (Å²) in [6.07, 6.45) is 0.857. The van der Waals surface area contributed by atoms with Crippen LogP contribution in [0.4, 0.5) is 0 Å². The van der Waals surface area contributed by atoms with Gasteiger partial charge >= 0.3 is 5.97 Å². The lowest BCUT2D eigenvalue weighted by Gasteiger charge is -2.10. The summed E-state index contributed by atoms with van der Waals surface area (Å²) < 4.78 is 0. The molecule has 0 aromatic heterocycles. The molecule has 0 aliphatic rings. The minimum Gasteiger partial charge on any atom is -0.480 e. The summed E-state index contributed by atoms with van der Waals surface area (Å²) in [4.78, 5) is 10.6. The van der Waals surface area contributed by atoms with Gasteiger partial charge in [-0.2, -0.15) is 0 Å². The Morgan fingerprint density at radius 3 is 2.29 bits per heavy atom. The Morgan fingerprint density at radius 2 is 1.82 bits per heavy atom. The minimum atomic E-state index is -0.805. The van der Waals surface area contributed by atoms with Crippen molar-refractivity contribution in [3.63, 3.8) is 0 Å². The topological polar surface area (TPSA) is 49.3 Å². The molecule has 0 fully saturated rings. The summed E-state index contributed by atoms with van der Waals surface area (Å²) in [7, 11) is 0. The molecule has 1 aromatic rings. The van der Waals surface area contributed by atoms with Crippen LogP contribution in [0.15, 0.2) is 24.3 Å². The standard InChI is InChI=1S/C14H21NO2/c1-10(2)13-6-4-12(5-7-13)8-9-15-11(3)14(16)17/h4-7,10-11,15H,8-9H2,1-3H3,(H,16,17). The van der Waals surface area contributed by atoms with Crippen molar-refractivity contribution in [2.24, 2.45) is 0 Å². The van der Waals surface area contributed by atoms with Gasteiger partial charge in [0, 0.05) is 0 Å². The Bertz CT molecular complexity index is 357. The van der Waals surface area contributed by atoms with Gasteiger partial charge in [-0.1, -0.05) is 38.1 Å². The van der Waals surface area contributed by atoms with Crippen LogP contribution in [-0.2, 0) is 11.2 Å². The van der Waals surface area contributed by atoms with Gasteiger partial charge in [0.05, 0.1) is 0 Å². The van der Waals surface area contributed by atoms with Crippen molar-refractivity contribution in [1.82, 2.24) is 5.32 Å². The summed E-state index contributed by atoms with van der Waals surface area (Å²) in [6, 6.07) is 8.02. The molecule has 1 aromatic carbocycles. The molecule has 3 nitrogen and oxygen atoms in total. The van der Waals surface area contributed by atoms with Gasteiger partial charge in [-0.25, -0.2) is 0 Å². The summed E-state index contributed by atoms with van der Waals surface area (Å²) in [5.41, 5.74) is 2.57. The van der Waals surface area contributed by atoms with E-state index >= 15 is 0 Å². The molecular weight excluding hydrogens is 214 g/mol. The van der Waals surface area contributed by atoms with Crippen molar-refractivity contribution < 1.29 is 9.90 Å². The van der Waals surface area contributed by atoms with E-state index < -0.39 is 12.0 Å². The second-order valence-corrected chi connectivity index (χ2v) is 4.66. The van der Waals surface area contributed by atoms with E-state index in [4.69, 9.17) is 5.11 Å². The van der Waals surface area contributed by atoms with Gasteiger partial charge in [0.2, 0.25) is 0 Å². The Kier molecular flexibility index (Phi) is 5.16. The van der Waals surface area contributed by atoms with Crippen molar-refractivity contribution in [3.8, 4) is 0 Å². The predicted molar refractivity (Wildman–Crippen MR) is 69.3 cm³/mol. The fourth-order valence-electron chi connectivity index (χ4n) is 1.59. The van der Waals surface area contributed by atoms with Crippen molar-refractivity contribution in [2.75, 3.05) is 6.54 Å². The highest BCUT2D eigenvalue weighted by molar-refractivity contribution is 5.72. The van der Waals surface area contributed by atoms with Crippen molar-refractivity contribution in [2.45, 2.75) is 39.2 Å². The molecule has 0 heterocycles. The number of benzene rings is 1. The first-order valence-electron chi connectivity index (χ1n) is 6.05. The molecule has 0 spiro atoms. The Labute approximate surface area is 103 Å². The van der Waals surface area contributed by atoms with Crippen LogP contribution < -0.4 is 5.32 Å². The average molecular weight is 235 g/mol. The van der Waals surface area contributed by atoms with Gasteiger partial charge in [0.25, 0.3) is 0 Å². The number of nitrogens with one attached hydrogen (secondary N) is 1. The first-order chi connectivity index (χ1) is 8.00. The van der Waals surface area contributed by atoms with E-state index in [9.17, 15) is 4.79 Å². The highest BCUT2D eigenvalue weighted by atomic mass is 16.4. The Hall–Kier alpha value is -1.35. The quantitative estimate of drug-likeness (QED) is 0.796. The molecule has 0 radical (unpaired) electrons. The Balaban J connectivity index is 2.40. The Morgan fingerprint density at radius 1 is 1.24 bits per heavy atom. The molecule has 1 rings (SSSR count). The summed E-state index contributed by atoms with van der Waals surface area (Å²) >= 11 is 0. The van der Waals surface area contributed by atoms with Crippen LogP contribution in [-0.4, -0.2) is 23.7 Å². The van der Waals surface area contributed by atoms with Crippen LogP contribution in [0.1, 0.15) is 37.8 Å². The number of carboxylic acids is 1. The SMILES string of the molecule is CC(NCCc1ccc(C(C)C)cc1)C(=O)O. The van der Waals surface area contributed by atoms with Gasteiger partial charge in [-0.05, 0) is 36.9 Å². The van der Waals surface area contributed by atoms with Crippen molar-refractivity contribution >= 4 is 5.97 Å². The normalized spacial score (nSPS) is 12.7. The van der Waals surface area contributed by atoms with Gasteiger partial charge in [0.1, 0.15) is 6.04 Å². The molecule has 0 aliphatic carbocycles. The number of rotatable bonds is 6. The lowest BCUT2D eigenvalue weighted by molar-refractivity contribution is -0.138. The zero-order valence-corrected chi connectivity index (χ0v) is 10.7. The zero-order valence-electron chi connectivity index (χ0n) is 10.7. The molecule has 0 saturated carbocycles. The van der Waals surface area contributed by atoms with Crippen LogP contribution in [0.25, 0.3) is 0 Å². The zero-order chi connectivity index (χ0) is 12.8. The molecule has 0 aliphatic heterocycles. The van der Waals surface area contributed by atoms with Crippen LogP contribution in [0, 0.1) is 0 Å². The number of hydrogen-bond acceptors (Lipinski definition) is 2. The summed E-state index contributed by atoms with van der Waals surface area (Å²) in [6.45, 7) is 6.69. The molecule has 0 amide bonds. The van der Waals surface area contributed by atoms with Gasteiger partial charge in [-0.3, -0.25) is 4.79 Å². The predicted octanol–water partition coefficient (Wildman–Crippen LogP) is 2.42. The van der Waals surface area contributed by atoms with Gasteiger partial charge in [-0.15, -0.1) is 0 Å². The third kappa shape index (κ3) is 4.57. The first-order valence-corrected chi connectivity index (χ1v) is 6.05. The maximum Gasteiger partial charge on any atom is 0.320 e. The summed E-state index contributed by atoms with van der Waals surface area (Å²) in [5, 5.41) is 11.7. The molecule has 1 atom stereocenters. The fourth-order valence-corrected chi connectivity index (χ4v) is 1.59. The van der Waals surface area contributed by atoms with E-state index in [1.165, 1.54) is 11.1 Å². The molecule has 0 bridgehead atoms. The first kappa shape index (κ1) is 13.7. The third-order valence-corrected chi connectivity index (χ3v) is 2.88. The van der Waals surface area contributed by atoms with E-state index in [0.717, 1.165) is 6.42 Å². The number of hydrogen-bond donors (Lipinski definition) is 2. The maximum atomic E-state index is 10.6. The van der Waals surface area contributed by atoms with E-state index in [1.807, 2.05) is 0 Å². The third-order valence-electron chi connectivity index (χ3n) is 2.88. The molecular formula is C14H21NO2. The minimum absolute atomic E-state index is 0.482. The average Bonchev–Trinajstić information content (AvgIpc) is 2.29.